The molecule has 16 heavy (non-hydrogen) atoms. The van der Waals surface area contributed by atoms with Crippen LogP contribution in [0.3, 0.4) is 0 Å². The van der Waals surface area contributed by atoms with Gasteiger partial charge in [0.15, 0.2) is 0 Å². The van der Waals surface area contributed by atoms with Gasteiger partial charge in [0.2, 0.25) is 0 Å². The number of nitrogens with zero attached hydrogens (tertiary/aromatic N) is 2. The first-order valence-electron chi connectivity index (χ1n) is 5.42. The molecule has 0 amide bonds. The molecule has 0 saturated carbocycles. The van der Waals surface area contributed by atoms with Crippen molar-refractivity contribution in [1.29, 1.82) is 0 Å². The highest BCUT2D eigenvalue weighted by atomic mass is 16.5. The number of carbonyl (C=O) groups is 1. The van der Waals surface area contributed by atoms with Crippen LogP contribution in [0.1, 0.15) is 18.9 Å². The summed E-state index contributed by atoms with van der Waals surface area (Å²) in [5, 5.41) is 0. The van der Waals surface area contributed by atoms with E-state index in [1.165, 1.54) is 0 Å². The van der Waals surface area contributed by atoms with Crippen LogP contribution in [0, 0.1) is 6.92 Å². The summed E-state index contributed by atoms with van der Waals surface area (Å²) in [6.45, 7) is 4.92. The van der Waals surface area contributed by atoms with Crippen molar-refractivity contribution in [2.75, 3.05) is 25.1 Å². The van der Waals surface area contributed by atoms with Crippen molar-refractivity contribution in [1.82, 2.24) is 4.98 Å². The van der Waals surface area contributed by atoms with Crippen LogP contribution < -0.4 is 4.90 Å². The Morgan fingerprint density at radius 1 is 1.56 bits per heavy atom. The largest absolute Gasteiger partial charge is 0.466 e. The van der Waals surface area contributed by atoms with Crippen LogP contribution in [0.15, 0.2) is 18.5 Å². The topological polar surface area (TPSA) is 42.4 Å². The molecule has 0 spiro atoms. The molecule has 0 aliphatic heterocycles. The minimum absolute atomic E-state index is 0.152. The number of carbonyl (C=O) groups excluding carboxylic acids is 1. The Morgan fingerprint density at radius 3 is 2.94 bits per heavy atom. The Balaban J connectivity index is 2.50. The predicted octanol–water partition coefficient (Wildman–Crippen LogP) is 1.78. The van der Waals surface area contributed by atoms with E-state index in [1.54, 1.807) is 6.20 Å². The van der Waals surface area contributed by atoms with E-state index in [-0.39, 0.29) is 5.97 Å². The predicted molar refractivity (Wildman–Crippen MR) is 63.5 cm³/mol. The average molecular weight is 222 g/mol. The number of pyridine rings is 1. The molecule has 0 saturated heterocycles. The molecule has 1 heterocycles. The van der Waals surface area contributed by atoms with Crippen LogP contribution in [-0.2, 0) is 9.53 Å². The Bertz CT molecular complexity index is 353. The minimum atomic E-state index is -0.152. The van der Waals surface area contributed by atoms with Crippen LogP contribution in [-0.4, -0.2) is 31.2 Å². The van der Waals surface area contributed by atoms with Gasteiger partial charge in [-0.1, -0.05) is 0 Å². The van der Waals surface area contributed by atoms with Crippen molar-refractivity contribution in [2.45, 2.75) is 20.3 Å². The van der Waals surface area contributed by atoms with Gasteiger partial charge in [-0.3, -0.25) is 9.78 Å². The van der Waals surface area contributed by atoms with Crippen LogP contribution in [0.5, 0.6) is 0 Å². The lowest BCUT2D eigenvalue weighted by Crippen LogP contribution is -2.22. The molecule has 0 atom stereocenters. The molecule has 0 radical (unpaired) electrons. The summed E-state index contributed by atoms with van der Waals surface area (Å²) in [7, 11) is 1.96. The maximum absolute atomic E-state index is 11.2. The minimum Gasteiger partial charge on any atom is -0.466 e. The van der Waals surface area contributed by atoms with Gasteiger partial charge in [0.05, 0.1) is 13.0 Å². The van der Waals surface area contributed by atoms with Gasteiger partial charge in [-0.05, 0) is 25.5 Å². The van der Waals surface area contributed by atoms with Gasteiger partial charge < -0.3 is 9.64 Å². The normalized spacial score (nSPS) is 9.94. The van der Waals surface area contributed by atoms with E-state index >= 15 is 0 Å². The highest BCUT2D eigenvalue weighted by molar-refractivity contribution is 5.70. The van der Waals surface area contributed by atoms with Gasteiger partial charge >= 0.3 is 5.97 Å². The van der Waals surface area contributed by atoms with E-state index < -0.39 is 0 Å². The van der Waals surface area contributed by atoms with E-state index in [0.29, 0.717) is 19.6 Å². The molecular formula is C12H18N2O2. The Morgan fingerprint density at radius 2 is 2.31 bits per heavy atom. The molecule has 88 valence electrons. The van der Waals surface area contributed by atoms with E-state index in [4.69, 9.17) is 4.74 Å². The fourth-order valence-electron chi connectivity index (χ4n) is 1.51. The summed E-state index contributed by atoms with van der Waals surface area (Å²) in [5.74, 6) is -0.152. The highest BCUT2D eigenvalue weighted by Crippen LogP contribution is 2.16. The number of hydrogen-bond donors (Lipinski definition) is 0. The number of esters is 1. The zero-order valence-electron chi connectivity index (χ0n) is 10.1. The number of anilines is 1. The first-order valence-corrected chi connectivity index (χ1v) is 5.42. The number of aromatic nitrogens is 1. The molecule has 0 aromatic carbocycles. The first-order chi connectivity index (χ1) is 7.65. The Labute approximate surface area is 96.2 Å². The molecule has 0 bridgehead atoms. The molecule has 4 heteroatoms. The molecule has 0 aliphatic rings. The van der Waals surface area contributed by atoms with Crippen molar-refractivity contribution in [3.8, 4) is 0 Å². The average Bonchev–Trinajstić information content (AvgIpc) is 2.27. The molecule has 1 aromatic heterocycles. The fourth-order valence-corrected chi connectivity index (χ4v) is 1.51. The van der Waals surface area contributed by atoms with Crippen molar-refractivity contribution in [3.05, 3.63) is 24.0 Å². The summed E-state index contributed by atoms with van der Waals surface area (Å²) < 4.78 is 4.88. The van der Waals surface area contributed by atoms with E-state index in [0.717, 1.165) is 11.3 Å². The first kappa shape index (κ1) is 12.5. The zero-order chi connectivity index (χ0) is 12.0. The van der Waals surface area contributed by atoms with Gasteiger partial charge in [-0.2, -0.15) is 0 Å². The number of rotatable bonds is 5. The molecule has 4 nitrogen and oxygen atoms in total. The molecule has 0 unspecified atom stereocenters. The zero-order valence-corrected chi connectivity index (χ0v) is 10.1. The van der Waals surface area contributed by atoms with E-state index in [2.05, 4.69) is 4.98 Å². The summed E-state index contributed by atoms with van der Waals surface area (Å²) >= 11 is 0. The van der Waals surface area contributed by atoms with E-state index in [1.807, 2.05) is 38.1 Å². The fraction of sp³-hybridized carbons (Fsp3) is 0.500. The van der Waals surface area contributed by atoms with Gasteiger partial charge in [-0.25, -0.2) is 0 Å². The third-order valence-corrected chi connectivity index (χ3v) is 2.36. The second kappa shape index (κ2) is 6.10. The molecule has 0 fully saturated rings. The van der Waals surface area contributed by atoms with Crippen molar-refractivity contribution in [2.24, 2.45) is 0 Å². The van der Waals surface area contributed by atoms with Gasteiger partial charge in [0, 0.05) is 31.7 Å². The standard InChI is InChI=1S/C12H18N2O2/c1-4-16-12(15)6-8-14(3)11-5-7-13-9-10(11)2/h5,7,9H,4,6,8H2,1-3H3. The molecule has 1 aromatic rings. The Kier molecular flexibility index (Phi) is 4.76. The number of hydrogen-bond acceptors (Lipinski definition) is 4. The Hall–Kier alpha value is -1.58. The quantitative estimate of drug-likeness (QED) is 0.712. The summed E-state index contributed by atoms with van der Waals surface area (Å²) in [6, 6.07) is 1.94. The lowest BCUT2D eigenvalue weighted by molar-refractivity contribution is -0.142. The third-order valence-electron chi connectivity index (χ3n) is 2.36. The van der Waals surface area contributed by atoms with Crippen LogP contribution in [0.2, 0.25) is 0 Å². The van der Waals surface area contributed by atoms with Crippen molar-refractivity contribution >= 4 is 11.7 Å². The van der Waals surface area contributed by atoms with Crippen molar-refractivity contribution in [3.63, 3.8) is 0 Å². The maximum Gasteiger partial charge on any atom is 0.307 e. The van der Waals surface area contributed by atoms with Crippen LogP contribution in [0.25, 0.3) is 0 Å². The molecular weight excluding hydrogens is 204 g/mol. The highest BCUT2D eigenvalue weighted by Gasteiger charge is 2.07. The second-order valence-electron chi connectivity index (χ2n) is 3.64. The smallest absolute Gasteiger partial charge is 0.307 e. The number of aryl methyl sites for hydroxylation is 1. The molecule has 0 N–H and O–H groups in total. The summed E-state index contributed by atoms with van der Waals surface area (Å²) in [6.07, 6.45) is 3.98. The van der Waals surface area contributed by atoms with Crippen LogP contribution >= 0.6 is 0 Å². The maximum atomic E-state index is 11.2. The SMILES string of the molecule is CCOC(=O)CCN(C)c1ccncc1C. The van der Waals surface area contributed by atoms with Crippen LogP contribution in [0.4, 0.5) is 5.69 Å². The summed E-state index contributed by atoms with van der Waals surface area (Å²) in [4.78, 5) is 17.3. The van der Waals surface area contributed by atoms with Gasteiger partial charge in [0.1, 0.15) is 0 Å². The van der Waals surface area contributed by atoms with Gasteiger partial charge in [-0.15, -0.1) is 0 Å². The summed E-state index contributed by atoms with van der Waals surface area (Å²) in [5.41, 5.74) is 2.20. The third kappa shape index (κ3) is 3.53. The van der Waals surface area contributed by atoms with Crippen molar-refractivity contribution < 1.29 is 9.53 Å². The second-order valence-corrected chi connectivity index (χ2v) is 3.64. The lowest BCUT2D eigenvalue weighted by atomic mass is 10.2. The van der Waals surface area contributed by atoms with E-state index in [9.17, 15) is 4.79 Å². The monoisotopic (exact) mass is 222 g/mol. The van der Waals surface area contributed by atoms with Gasteiger partial charge in [0.25, 0.3) is 0 Å². The molecule has 0 aliphatic carbocycles. The number of ether oxygens (including phenoxy) is 1. The lowest BCUT2D eigenvalue weighted by Gasteiger charge is -2.20. The molecule has 1 rings (SSSR count).